The number of hydrogen-bond acceptors (Lipinski definition) is 4. The summed E-state index contributed by atoms with van der Waals surface area (Å²) in [6.07, 6.45) is 2.94. The number of pyridine rings is 1. The molecule has 4 nitrogen and oxygen atoms in total. The highest BCUT2D eigenvalue weighted by Gasteiger charge is 2.23. The molecule has 0 saturated heterocycles. The maximum Gasteiger partial charge on any atom is 0.133 e. The summed E-state index contributed by atoms with van der Waals surface area (Å²) < 4.78 is 5.04. The number of methoxy groups -OCH3 is 1. The number of nitrogens with one attached hydrogen (secondary N) is 1. The third kappa shape index (κ3) is 4.48. The summed E-state index contributed by atoms with van der Waals surface area (Å²) in [4.78, 5) is 6.81. The Morgan fingerprint density at radius 1 is 1.42 bits per heavy atom. The molecule has 1 N–H and O–H groups in total. The Hall–Kier alpha value is -1.13. The van der Waals surface area contributed by atoms with Gasteiger partial charge in [-0.25, -0.2) is 4.98 Å². The first-order chi connectivity index (χ1) is 9.03. The lowest BCUT2D eigenvalue weighted by Crippen LogP contribution is -2.41. The SMILES string of the molecule is CCC(C)(C)N(C)c1ncccc1CNCCOC. The Bertz CT molecular complexity index is 379. The molecule has 108 valence electrons. The summed E-state index contributed by atoms with van der Waals surface area (Å²) in [5.41, 5.74) is 1.33. The van der Waals surface area contributed by atoms with Crippen LogP contribution in [0.5, 0.6) is 0 Å². The lowest BCUT2D eigenvalue weighted by Gasteiger charge is -2.37. The van der Waals surface area contributed by atoms with E-state index in [4.69, 9.17) is 4.74 Å². The Morgan fingerprint density at radius 2 is 2.16 bits per heavy atom. The van der Waals surface area contributed by atoms with Crippen molar-refractivity contribution in [1.29, 1.82) is 0 Å². The van der Waals surface area contributed by atoms with Crippen molar-refractivity contribution >= 4 is 5.82 Å². The lowest BCUT2D eigenvalue weighted by molar-refractivity contribution is 0.199. The first-order valence-corrected chi connectivity index (χ1v) is 6.90. The molecular weight excluding hydrogens is 238 g/mol. The van der Waals surface area contributed by atoms with Gasteiger partial charge in [-0.3, -0.25) is 0 Å². The summed E-state index contributed by atoms with van der Waals surface area (Å²) in [7, 11) is 3.83. The number of hydrogen-bond donors (Lipinski definition) is 1. The van der Waals surface area contributed by atoms with Crippen molar-refractivity contribution in [3.05, 3.63) is 23.9 Å². The fourth-order valence-corrected chi connectivity index (χ4v) is 1.79. The number of rotatable bonds is 8. The smallest absolute Gasteiger partial charge is 0.133 e. The number of ether oxygens (including phenoxy) is 1. The fraction of sp³-hybridized carbons (Fsp3) is 0.667. The van der Waals surface area contributed by atoms with E-state index in [-0.39, 0.29) is 5.54 Å². The van der Waals surface area contributed by atoms with Crippen LogP contribution < -0.4 is 10.2 Å². The predicted molar refractivity (Wildman–Crippen MR) is 80.6 cm³/mol. The minimum Gasteiger partial charge on any atom is -0.383 e. The van der Waals surface area contributed by atoms with Crippen LogP contribution in [0.25, 0.3) is 0 Å². The van der Waals surface area contributed by atoms with Crippen molar-refractivity contribution in [2.75, 3.05) is 32.2 Å². The normalized spacial score (nSPS) is 11.6. The van der Waals surface area contributed by atoms with Crippen LogP contribution in [0.1, 0.15) is 32.8 Å². The molecule has 0 bridgehead atoms. The Morgan fingerprint density at radius 3 is 2.79 bits per heavy atom. The molecule has 0 aromatic carbocycles. The van der Waals surface area contributed by atoms with Gasteiger partial charge in [-0.15, -0.1) is 0 Å². The van der Waals surface area contributed by atoms with Gasteiger partial charge in [0.15, 0.2) is 0 Å². The summed E-state index contributed by atoms with van der Waals surface area (Å²) in [6, 6.07) is 4.12. The minimum atomic E-state index is 0.107. The highest BCUT2D eigenvalue weighted by molar-refractivity contribution is 5.48. The molecule has 0 atom stereocenters. The third-order valence-electron chi connectivity index (χ3n) is 3.76. The lowest BCUT2D eigenvalue weighted by atomic mass is 9.99. The van der Waals surface area contributed by atoms with Crippen LogP contribution in [0.4, 0.5) is 5.82 Å². The Kier molecular flexibility index (Phi) is 6.25. The molecule has 0 amide bonds. The molecular formula is C15H27N3O. The van der Waals surface area contributed by atoms with Gasteiger partial charge in [0.05, 0.1) is 6.61 Å². The quantitative estimate of drug-likeness (QED) is 0.733. The third-order valence-corrected chi connectivity index (χ3v) is 3.76. The van der Waals surface area contributed by atoms with Gasteiger partial charge in [0.2, 0.25) is 0 Å². The van der Waals surface area contributed by atoms with Crippen LogP contribution >= 0.6 is 0 Å². The summed E-state index contributed by atoms with van der Waals surface area (Å²) in [5, 5.41) is 3.38. The van der Waals surface area contributed by atoms with Gasteiger partial charge in [-0.05, 0) is 26.3 Å². The van der Waals surface area contributed by atoms with Crippen LogP contribution in [-0.4, -0.2) is 37.8 Å². The second-order valence-corrected chi connectivity index (χ2v) is 5.38. The molecule has 0 saturated carbocycles. The van der Waals surface area contributed by atoms with Gasteiger partial charge in [-0.2, -0.15) is 0 Å². The first-order valence-electron chi connectivity index (χ1n) is 6.90. The maximum atomic E-state index is 5.04. The zero-order valence-electron chi connectivity index (χ0n) is 12.9. The van der Waals surface area contributed by atoms with Gasteiger partial charge in [-0.1, -0.05) is 13.0 Å². The van der Waals surface area contributed by atoms with Crippen molar-refractivity contribution in [2.45, 2.75) is 39.3 Å². The van der Waals surface area contributed by atoms with Gasteiger partial charge in [0.1, 0.15) is 5.82 Å². The summed E-state index contributed by atoms with van der Waals surface area (Å²) in [6.45, 7) is 9.08. The number of anilines is 1. The second kappa shape index (κ2) is 7.46. The van der Waals surface area contributed by atoms with E-state index in [0.717, 1.165) is 31.9 Å². The summed E-state index contributed by atoms with van der Waals surface area (Å²) in [5.74, 6) is 1.05. The molecule has 0 spiro atoms. The number of aromatic nitrogens is 1. The predicted octanol–water partition coefficient (Wildman–Crippen LogP) is 2.44. The average Bonchev–Trinajstić information content (AvgIpc) is 2.43. The second-order valence-electron chi connectivity index (χ2n) is 5.38. The molecule has 19 heavy (non-hydrogen) atoms. The van der Waals surface area contributed by atoms with E-state index in [0.29, 0.717) is 0 Å². The van der Waals surface area contributed by atoms with Crippen LogP contribution in [0.15, 0.2) is 18.3 Å². The minimum absolute atomic E-state index is 0.107. The van der Waals surface area contributed by atoms with Crippen LogP contribution in [-0.2, 0) is 11.3 Å². The molecule has 0 unspecified atom stereocenters. The van der Waals surface area contributed by atoms with Crippen molar-refractivity contribution in [3.8, 4) is 0 Å². The molecule has 0 radical (unpaired) electrons. The van der Waals surface area contributed by atoms with Crippen molar-refractivity contribution in [3.63, 3.8) is 0 Å². The standard InChI is InChI=1S/C15H27N3O/c1-6-15(2,3)18(4)14-13(8-7-9-17-14)12-16-10-11-19-5/h7-9,16H,6,10-12H2,1-5H3. The van der Waals surface area contributed by atoms with E-state index < -0.39 is 0 Å². The molecule has 0 aliphatic carbocycles. The van der Waals surface area contributed by atoms with E-state index in [1.807, 2.05) is 12.3 Å². The van der Waals surface area contributed by atoms with Crippen LogP contribution in [0.2, 0.25) is 0 Å². The van der Waals surface area contributed by atoms with E-state index in [2.05, 4.69) is 49.1 Å². The van der Waals surface area contributed by atoms with Crippen LogP contribution in [0, 0.1) is 0 Å². The average molecular weight is 265 g/mol. The van der Waals surface area contributed by atoms with E-state index in [1.165, 1.54) is 5.56 Å². The van der Waals surface area contributed by atoms with Crippen molar-refractivity contribution in [2.24, 2.45) is 0 Å². The van der Waals surface area contributed by atoms with E-state index in [9.17, 15) is 0 Å². The highest BCUT2D eigenvalue weighted by Crippen LogP contribution is 2.25. The molecule has 1 aromatic rings. The molecule has 1 rings (SSSR count). The monoisotopic (exact) mass is 265 g/mol. The first kappa shape index (κ1) is 15.9. The molecule has 0 aliphatic heterocycles. The molecule has 4 heteroatoms. The van der Waals surface area contributed by atoms with Crippen molar-refractivity contribution in [1.82, 2.24) is 10.3 Å². The van der Waals surface area contributed by atoms with Crippen molar-refractivity contribution < 1.29 is 4.74 Å². The van der Waals surface area contributed by atoms with Gasteiger partial charge < -0.3 is 15.0 Å². The zero-order chi connectivity index (χ0) is 14.3. The van der Waals surface area contributed by atoms with Gasteiger partial charge in [0.25, 0.3) is 0 Å². The molecule has 1 heterocycles. The van der Waals surface area contributed by atoms with Gasteiger partial charge in [0, 0.05) is 44.5 Å². The Balaban J connectivity index is 2.78. The zero-order valence-corrected chi connectivity index (χ0v) is 12.9. The van der Waals surface area contributed by atoms with Gasteiger partial charge >= 0.3 is 0 Å². The van der Waals surface area contributed by atoms with E-state index >= 15 is 0 Å². The summed E-state index contributed by atoms with van der Waals surface area (Å²) >= 11 is 0. The molecule has 0 fully saturated rings. The Labute approximate surface area is 117 Å². The molecule has 0 aliphatic rings. The fourth-order valence-electron chi connectivity index (χ4n) is 1.79. The van der Waals surface area contributed by atoms with E-state index in [1.54, 1.807) is 7.11 Å². The van der Waals surface area contributed by atoms with Crippen LogP contribution in [0.3, 0.4) is 0 Å². The topological polar surface area (TPSA) is 37.4 Å². The molecule has 1 aromatic heterocycles. The number of nitrogens with zero attached hydrogens (tertiary/aromatic N) is 2. The maximum absolute atomic E-state index is 5.04. The largest absolute Gasteiger partial charge is 0.383 e. The highest BCUT2D eigenvalue weighted by atomic mass is 16.5.